The Labute approximate surface area is 178 Å². The van der Waals surface area contributed by atoms with Gasteiger partial charge in [-0.05, 0) is 54.3 Å². The maximum absolute atomic E-state index is 12.6. The van der Waals surface area contributed by atoms with Crippen molar-refractivity contribution in [2.75, 3.05) is 27.1 Å². The molecule has 2 heterocycles. The van der Waals surface area contributed by atoms with E-state index in [-0.39, 0.29) is 31.3 Å². The summed E-state index contributed by atoms with van der Waals surface area (Å²) in [5.74, 6) is 0.625. The van der Waals surface area contributed by atoms with Gasteiger partial charge in [-0.3, -0.25) is 5.32 Å². The molecule has 0 amide bonds. The Morgan fingerprint density at radius 2 is 1.97 bits per heavy atom. The molecule has 0 fully saturated rings. The van der Waals surface area contributed by atoms with Gasteiger partial charge in [0.15, 0.2) is 23.0 Å². The van der Waals surface area contributed by atoms with Crippen molar-refractivity contribution in [1.29, 1.82) is 0 Å². The fraction of sp³-hybridized carbons (Fsp3) is 0.364. The number of fused-ring (bicyclic) bond motifs is 2. The van der Waals surface area contributed by atoms with Crippen molar-refractivity contribution in [2.24, 2.45) is 0 Å². The number of rotatable bonds is 6. The molecule has 0 aliphatic carbocycles. The molecular weight excluding hydrogens is 406 g/mol. The molecule has 2 aliphatic heterocycles. The summed E-state index contributed by atoms with van der Waals surface area (Å²) in [5.41, 5.74) is 0.689. The number of carbonyl (C=O) groups is 2. The molecule has 164 valence electrons. The van der Waals surface area contributed by atoms with Gasteiger partial charge in [0.2, 0.25) is 6.79 Å². The number of hydrogen-bond donors (Lipinski definition) is 2. The number of benzene rings is 2. The van der Waals surface area contributed by atoms with Crippen molar-refractivity contribution >= 4 is 12.1 Å². The number of nitrogens with one attached hydrogen (secondary N) is 1. The van der Waals surface area contributed by atoms with Crippen LogP contribution in [0.15, 0.2) is 30.3 Å². The molecule has 0 radical (unpaired) electrons. The van der Waals surface area contributed by atoms with Crippen LogP contribution in [0.1, 0.15) is 23.6 Å². The molecule has 2 aliphatic rings. The minimum Gasteiger partial charge on any atom is -0.493 e. The highest BCUT2D eigenvalue weighted by molar-refractivity contribution is 5.83. The first kappa shape index (κ1) is 20.8. The van der Waals surface area contributed by atoms with Crippen LogP contribution in [0.5, 0.6) is 23.0 Å². The van der Waals surface area contributed by atoms with E-state index < -0.39 is 17.7 Å². The SMILES string of the molecule is CCOC(=O)Oc1cc2c(cc1OC)C(Cc1ccc3c(c1)OCO3)(C(=O)O)NCC2. The summed E-state index contributed by atoms with van der Waals surface area (Å²) in [4.78, 5) is 24.3. The molecule has 2 aromatic carbocycles. The number of carboxylic acid groups (broad SMARTS) is 1. The predicted octanol–water partition coefficient (Wildman–Crippen LogP) is 2.63. The van der Waals surface area contributed by atoms with E-state index in [0.717, 1.165) is 11.1 Å². The third-order valence-electron chi connectivity index (χ3n) is 5.40. The number of carbonyl (C=O) groups excluding carboxylic acids is 1. The molecule has 0 saturated carbocycles. The lowest BCUT2D eigenvalue weighted by Gasteiger charge is -2.37. The Bertz CT molecular complexity index is 1020. The van der Waals surface area contributed by atoms with Gasteiger partial charge in [0.05, 0.1) is 13.7 Å². The van der Waals surface area contributed by atoms with E-state index in [0.29, 0.717) is 30.0 Å². The zero-order valence-electron chi connectivity index (χ0n) is 17.2. The van der Waals surface area contributed by atoms with Crippen LogP contribution < -0.4 is 24.3 Å². The van der Waals surface area contributed by atoms with Gasteiger partial charge in [-0.1, -0.05) is 6.07 Å². The normalized spacial score (nSPS) is 18.8. The summed E-state index contributed by atoms with van der Waals surface area (Å²) in [6, 6.07) is 8.64. The average Bonchev–Trinajstić information content (AvgIpc) is 3.21. The Hall–Kier alpha value is -3.46. The molecule has 9 nitrogen and oxygen atoms in total. The lowest BCUT2D eigenvalue weighted by Crippen LogP contribution is -2.54. The Morgan fingerprint density at radius 3 is 2.71 bits per heavy atom. The van der Waals surface area contributed by atoms with Crippen LogP contribution in [-0.4, -0.2) is 44.3 Å². The number of ether oxygens (including phenoxy) is 5. The smallest absolute Gasteiger partial charge is 0.493 e. The van der Waals surface area contributed by atoms with E-state index in [1.165, 1.54) is 7.11 Å². The number of carboxylic acids is 1. The Balaban J connectivity index is 1.74. The molecule has 1 atom stereocenters. The monoisotopic (exact) mass is 429 g/mol. The summed E-state index contributed by atoms with van der Waals surface area (Å²) < 4.78 is 26.3. The van der Waals surface area contributed by atoms with Crippen LogP contribution in [0.25, 0.3) is 0 Å². The molecule has 0 saturated heterocycles. The summed E-state index contributed by atoms with van der Waals surface area (Å²) in [5, 5.41) is 13.5. The highest BCUT2D eigenvalue weighted by atomic mass is 16.7. The number of methoxy groups -OCH3 is 1. The molecular formula is C22H23NO8. The standard InChI is InChI=1S/C22H23NO8/c1-3-28-21(26)31-19-9-14-6-7-23-22(20(24)25,15(14)10-17(19)27-2)11-13-4-5-16-18(8-13)30-12-29-16/h4-5,8-10,23H,3,6-7,11-12H2,1-2H3,(H,24,25). The second-order valence-corrected chi connectivity index (χ2v) is 7.20. The highest BCUT2D eigenvalue weighted by Crippen LogP contribution is 2.41. The van der Waals surface area contributed by atoms with E-state index in [9.17, 15) is 14.7 Å². The van der Waals surface area contributed by atoms with Crippen LogP contribution >= 0.6 is 0 Å². The van der Waals surface area contributed by atoms with Gasteiger partial charge < -0.3 is 28.8 Å². The predicted molar refractivity (Wildman–Crippen MR) is 108 cm³/mol. The van der Waals surface area contributed by atoms with Gasteiger partial charge in [-0.25, -0.2) is 9.59 Å². The molecule has 2 N–H and O–H groups in total. The first-order chi connectivity index (χ1) is 15.0. The van der Waals surface area contributed by atoms with Gasteiger partial charge in [-0.15, -0.1) is 0 Å². The molecule has 0 spiro atoms. The first-order valence-electron chi connectivity index (χ1n) is 9.89. The molecule has 31 heavy (non-hydrogen) atoms. The van der Waals surface area contributed by atoms with Crippen LogP contribution in [0.4, 0.5) is 4.79 Å². The van der Waals surface area contributed by atoms with E-state index in [1.54, 1.807) is 31.2 Å². The molecule has 0 bridgehead atoms. The number of hydrogen-bond acceptors (Lipinski definition) is 8. The van der Waals surface area contributed by atoms with Crippen LogP contribution in [-0.2, 0) is 27.9 Å². The fourth-order valence-electron chi connectivity index (χ4n) is 3.97. The van der Waals surface area contributed by atoms with Crippen molar-refractivity contribution in [3.05, 3.63) is 47.0 Å². The zero-order valence-corrected chi connectivity index (χ0v) is 17.2. The van der Waals surface area contributed by atoms with Crippen LogP contribution in [0, 0.1) is 0 Å². The Morgan fingerprint density at radius 1 is 1.16 bits per heavy atom. The van der Waals surface area contributed by atoms with Crippen molar-refractivity contribution in [1.82, 2.24) is 5.32 Å². The van der Waals surface area contributed by atoms with Crippen molar-refractivity contribution in [3.8, 4) is 23.0 Å². The quantitative estimate of drug-likeness (QED) is 0.528. The van der Waals surface area contributed by atoms with Crippen LogP contribution in [0.2, 0.25) is 0 Å². The minimum atomic E-state index is -1.39. The van der Waals surface area contributed by atoms with E-state index in [1.807, 2.05) is 6.07 Å². The highest BCUT2D eigenvalue weighted by Gasteiger charge is 2.44. The summed E-state index contributed by atoms with van der Waals surface area (Å²) in [7, 11) is 1.43. The third-order valence-corrected chi connectivity index (χ3v) is 5.40. The minimum absolute atomic E-state index is 0.143. The molecule has 9 heteroatoms. The fourth-order valence-corrected chi connectivity index (χ4v) is 3.97. The number of aliphatic carboxylic acids is 1. The average molecular weight is 429 g/mol. The lowest BCUT2D eigenvalue weighted by molar-refractivity contribution is -0.145. The van der Waals surface area contributed by atoms with Crippen LogP contribution in [0.3, 0.4) is 0 Å². The maximum Gasteiger partial charge on any atom is 0.513 e. The molecule has 2 aromatic rings. The van der Waals surface area contributed by atoms with Gasteiger partial charge in [0.1, 0.15) is 5.54 Å². The molecule has 4 rings (SSSR count). The van der Waals surface area contributed by atoms with Gasteiger partial charge >= 0.3 is 12.1 Å². The van der Waals surface area contributed by atoms with E-state index in [2.05, 4.69) is 5.32 Å². The summed E-state index contributed by atoms with van der Waals surface area (Å²) >= 11 is 0. The van der Waals surface area contributed by atoms with Gasteiger partial charge in [-0.2, -0.15) is 0 Å². The maximum atomic E-state index is 12.6. The van der Waals surface area contributed by atoms with E-state index in [4.69, 9.17) is 23.7 Å². The second-order valence-electron chi connectivity index (χ2n) is 7.20. The Kier molecular flexibility index (Phi) is 5.60. The summed E-state index contributed by atoms with van der Waals surface area (Å²) in [6.07, 6.45) is -0.110. The van der Waals surface area contributed by atoms with Crippen molar-refractivity contribution in [2.45, 2.75) is 25.3 Å². The van der Waals surface area contributed by atoms with Gasteiger partial charge in [0, 0.05) is 13.0 Å². The lowest BCUT2D eigenvalue weighted by atomic mass is 9.78. The van der Waals surface area contributed by atoms with Crippen molar-refractivity contribution < 1.29 is 38.4 Å². The molecule has 1 unspecified atom stereocenters. The topological polar surface area (TPSA) is 113 Å². The van der Waals surface area contributed by atoms with E-state index >= 15 is 0 Å². The second kappa shape index (κ2) is 8.35. The summed E-state index contributed by atoms with van der Waals surface area (Å²) in [6.45, 7) is 2.43. The molecule has 0 aromatic heterocycles. The van der Waals surface area contributed by atoms with Crippen molar-refractivity contribution in [3.63, 3.8) is 0 Å². The largest absolute Gasteiger partial charge is 0.513 e. The third kappa shape index (κ3) is 3.84. The zero-order chi connectivity index (χ0) is 22.0. The first-order valence-corrected chi connectivity index (χ1v) is 9.89. The van der Waals surface area contributed by atoms with Gasteiger partial charge in [0.25, 0.3) is 0 Å².